The Bertz CT molecular complexity index is 615. The minimum Gasteiger partial charge on any atom is -0.373 e. The van der Waals surface area contributed by atoms with Gasteiger partial charge in [0.05, 0.1) is 23.1 Å². The Labute approximate surface area is 119 Å². The SMILES string of the molecule is Cc1cc(CN)ccc1S(=O)(=O)NC1CC2CCC1O2. The molecule has 2 aliphatic heterocycles. The zero-order valence-corrected chi connectivity index (χ0v) is 12.3. The van der Waals surface area contributed by atoms with Gasteiger partial charge in [0.1, 0.15) is 0 Å². The fourth-order valence-electron chi connectivity index (χ4n) is 3.16. The first-order valence-corrected chi connectivity index (χ1v) is 8.45. The van der Waals surface area contributed by atoms with Crippen LogP contribution in [-0.2, 0) is 21.3 Å². The van der Waals surface area contributed by atoms with Crippen LogP contribution in [0.3, 0.4) is 0 Å². The summed E-state index contributed by atoms with van der Waals surface area (Å²) in [6.45, 7) is 2.21. The number of nitrogens with one attached hydrogen (secondary N) is 1. The van der Waals surface area contributed by atoms with Gasteiger partial charge in [-0.3, -0.25) is 0 Å². The van der Waals surface area contributed by atoms with Gasteiger partial charge in [-0.2, -0.15) is 0 Å². The number of aryl methyl sites for hydroxylation is 1. The summed E-state index contributed by atoms with van der Waals surface area (Å²) in [7, 11) is -3.49. The molecule has 0 aromatic heterocycles. The highest BCUT2D eigenvalue weighted by Crippen LogP contribution is 2.35. The van der Waals surface area contributed by atoms with E-state index >= 15 is 0 Å². The van der Waals surface area contributed by atoms with Crippen LogP contribution in [0.5, 0.6) is 0 Å². The molecule has 1 aromatic carbocycles. The summed E-state index contributed by atoms with van der Waals surface area (Å²) >= 11 is 0. The number of benzene rings is 1. The van der Waals surface area contributed by atoms with E-state index in [9.17, 15) is 8.42 Å². The van der Waals surface area contributed by atoms with Crippen LogP contribution >= 0.6 is 0 Å². The maximum absolute atomic E-state index is 12.5. The molecule has 2 saturated heterocycles. The lowest BCUT2D eigenvalue weighted by Crippen LogP contribution is -2.41. The zero-order valence-electron chi connectivity index (χ0n) is 11.5. The van der Waals surface area contributed by atoms with Crippen LogP contribution in [0.1, 0.15) is 30.4 Å². The van der Waals surface area contributed by atoms with Crippen LogP contribution in [0.25, 0.3) is 0 Å². The standard InChI is InChI=1S/C14H20N2O3S/c1-9-6-10(8-15)2-5-14(9)20(17,18)16-12-7-11-3-4-13(12)19-11/h2,5-6,11-13,16H,3-4,7-8,15H2,1H3. The summed E-state index contributed by atoms with van der Waals surface area (Å²) in [5, 5.41) is 0. The van der Waals surface area contributed by atoms with Gasteiger partial charge in [-0.1, -0.05) is 12.1 Å². The first-order valence-electron chi connectivity index (χ1n) is 6.97. The highest BCUT2D eigenvalue weighted by atomic mass is 32.2. The van der Waals surface area contributed by atoms with Gasteiger partial charge < -0.3 is 10.5 Å². The van der Waals surface area contributed by atoms with E-state index in [1.54, 1.807) is 19.1 Å². The van der Waals surface area contributed by atoms with E-state index in [4.69, 9.17) is 10.5 Å². The number of hydrogen-bond acceptors (Lipinski definition) is 4. The Morgan fingerprint density at radius 3 is 2.75 bits per heavy atom. The summed E-state index contributed by atoms with van der Waals surface area (Å²) in [4.78, 5) is 0.331. The molecule has 6 heteroatoms. The Hall–Kier alpha value is -0.950. The predicted molar refractivity (Wildman–Crippen MR) is 75.7 cm³/mol. The largest absolute Gasteiger partial charge is 0.373 e. The van der Waals surface area contributed by atoms with Gasteiger partial charge in [-0.15, -0.1) is 0 Å². The fourth-order valence-corrected chi connectivity index (χ4v) is 4.67. The van der Waals surface area contributed by atoms with Gasteiger partial charge in [-0.25, -0.2) is 13.1 Å². The second kappa shape index (κ2) is 5.11. The lowest BCUT2D eigenvalue weighted by molar-refractivity contribution is 0.0996. The van der Waals surface area contributed by atoms with Crippen molar-refractivity contribution >= 4 is 10.0 Å². The van der Waals surface area contributed by atoms with E-state index in [0.717, 1.165) is 30.4 Å². The van der Waals surface area contributed by atoms with Gasteiger partial charge in [0.25, 0.3) is 0 Å². The van der Waals surface area contributed by atoms with E-state index in [1.165, 1.54) is 0 Å². The van der Waals surface area contributed by atoms with Crippen LogP contribution in [0.4, 0.5) is 0 Å². The van der Waals surface area contributed by atoms with Crippen molar-refractivity contribution in [2.24, 2.45) is 5.73 Å². The molecule has 3 unspecified atom stereocenters. The van der Waals surface area contributed by atoms with Crippen molar-refractivity contribution in [2.75, 3.05) is 0 Å². The molecule has 0 saturated carbocycles. The zero-order chi connectivity index (χ0) is 14.3. The van der Waals surface area contributed by atoms with Crippen LogP contribution in [0.15, 0.2) is 23.1 Å². The Morgan fingerprint density at radius 1 is 1.40 bits per heavy atom. The molecule has 0 radical (unpaired) electrons. The molecule has 110 valence electrons. The van der Waals surface area contributed by atoms with Crippen molar-refractivity contribution in [1.29, 1.82) is 0 Å². The molecule has 1 aromatic rings. The second-order valence-electron chi connectivity index (χ2n) is 5.64. The van der Waals surface area contributed by atoms with Crippen molar-refractivity contribution in [3.63, 3.8) is 0 Å². The van der Waals surface area contributed by atoms with Crippen molar-refractivity contribution in [1.82, 2.24) is 4.72 Å². The number of sulfonamides is 1. The molecule has 2 heterocycles. The minimum atomic E-state index is -3.49. The highest BCUT2D eigenvalue weighted by Gasteiger charge is 2.42. The number of ether oxygens (including phenoxy) is 1. The third kappa shape index (κ3) is 2.48. The number of fused-ring (bicyclic) bond motifs is 2. The third-order valence-corrected chi connectivity index (χ3v) is 5.83. The number of rotatable bonds is 4. The summed E-state index contributed by atoms with van der Waals surface area (Å²) in [5.41, 5.74) is 7.23. The lowest BCUT2D eigenvalue weighted by Gasteiger charge is -2.20. The lowest BCUT2D eigenvalue weighted by atomic mass is 9.96. The molecule has 3 atom stereocenters. The first kappa shape index (κ1) is 14.0. The Morgan fingerprint density at radius 2 is 2.20 bits per heavy atom. The average molecular weight is 296 g/mol. The minimum absolute atomic E-state index is 0.0402. The van der Waals surface area contributed by atoms with E-state index in [1.807, 2.05) is 6.07 Å². The molecule has 3 N–H and O–H groups in total. The van der Waals surface area contributed by atoms with E-state index in [2.05, 4.69) is 4.72 Å². The summed E-state index contributed by atoms with van der Waals surface area (Å²) in [6, 6.07) is 5.13. The topological polar surface area (TPSA) is 81.4 Å². The van der Waals surface area contributed by atoms with Crippen LogP contribution in [0.2, 0.25) is 0 Å². The van der Waals surface area contributed by atoms with Gasteiger partial charge in [0.2, 0.25) is 10.0 Å². The van der Waals surface area contributed by atoms with E-state index < -0.39 is 10.0 Å². The highest BCUT2D eigenvalue weighted by molar-refractivity contribution is 7.89. The molecule has 0 amide bonds. The summed E-state index contributed by atoms with van der Waals surface area (Å²) in [5.74, 6) is 0. The fraction of sp³-hybridized carbons (Fsp3) is 0.571. The van der Waals surface area contributed by atoms with E-state index in [-0.39, 0.29) is 18.2 Å². The van der Waals surface area contributed by atoms with Crippen LogP contribution in [0, 0.1) is 6.92 Å². The summed E-state index contributed by atoms with van der Waals surface area (Å²) < 4.78 is 33.5. The maximum atomic E-state index is 12.5. The monoisotopic (exact) mass is 296 g/mol. The van der Waals surface area contributed by atoms with Gasteiger partial charge in [0.15, 0.2) is 0 Å². The quantitative estimate of drug-likeness (QED) is 0.870. The predicted octanol–water partition coefficient (Wildman–Crippen LogP) is 1.05. The van der Waals surface area contributed by atoms with Gasteiger partial charge >= 0.3 is 0 Å². The normalized spacial score (nSPS) is 29.0. The molecular formula is C14H20N2O3S. The average Bonchev–Trinajstić information content (AvgIpc) is 2.99. The molecule has 0 aliphatic carbocycles. The molecule has 0 spiro atoms. The van der Waals surface area contributed by atoms with Crippen molar-refractivity contribution in [3.8, 4) is 0 Å². The van der Waals surface area contributed by atoms with Crippen LogP contribution in [-0.4, -0.2) is 26.7 Å². The van der Waals surface area contributed by atoms with Crippen molar-refractivity contribution < 1.29 is 13.2 Å². The van der Waals surface area contributed by atoms with Crippen LogP contribution < -0.4 is 10.5 Å². The molecular weight excluding hydrogens is 276 g/mol. The second-order valence-corrected chi connectivity index (χ2v) is 7.32. The van der Waals surface area contributed by atoms with E-state index in [0.29, 0.717) is 11.4 Å². The van der Waals surface area contributed by atoms with Crippen molar-refractivity contribution in [3.05, 3.63) is 29.3 Å². The molecule has 2 bridgehead atoms. The maximum Gasteiger partial charge on any atom is 0.241 e. The molecule has 2 aliphatic rings. The molecule has 3 rings (SSSR count). The molecule has 5 nitrogen and oxygen atoms in total. The van der Waals surface area contributed by atoms with Gasteiger partial charge in [0, 0.05) is 6.54 Å². The summed E-state index contributed by atoms with van der Waals surface area (Å²) in [6.07, 6.45) is 3.05. The number of hydrogen-bond donors (Lipinski definition) is 2. The van der Waals surface area contributed by atoms with Crippen molar-refractivity contribution in [2.45, 2.75) is 55.9 Å². The number of nitrogens with two attached hydrogens (primary N) is 1. The van der Waals surface area contributed by atoms with Gasteiger partial charge in [-0.05, 0) is 43.4 Å². The third-order valence-electron chi connectivity index (χ3n) is 4.18. The Balaban J connectivity index is 1.81. The first-order chi connectivity index (χ1) is 9.49. The smallest absolute Gasteiger partial charge is 0.241 e. The molecule has 2 fully saturated rings. The Kier molecular flexibility index (Phi) is 3.58. The molecule has 20 heavy (non-hydrogen) atoms.